The van der Waals surface area contributed by atoms with Crippen LogP contribution in [0.2, 0.25) is 0 Å². The van der Waals surface area contributed by atoms with Gasteiger partial charge >= 0.3 is 0 Å². The first kappa shape index (κ1) is 13.1. The number of hydrogen-bond donors (Lipinski definition) is 1. The van der Waals surface area contributed by atoms with Gasteiger partial charge < -0.3 is 9.88 Å². The van der Waals surface area contributed by atoms with E-state index in [0.29, 0.717) is 5.56 Å². The van der Waals surface area contributed by atoms with Gasteiger partial charge in [-0.25, -0.2) is 4.98 Å². The highest BCUT2D eigenvalue weighted by Crippen LogP contribution is 2.26. The zero-order valence-corrected chi connectivity index (χ0v) is 11.7. The molecule has 2 heterocycles. The lowest BCUT2D eigenvalue weighted by atomic mass is 10.1. The van der Waals surface area contributed by atoms with Crippen LogP contribution in [0.25, 0.3) is 10.9 Å². The standard InChI is InChI=1S/C16H15N5/c1-12(10-21-7-6-18-11-21)20-16-13(8-17)9-19-15-5-3-2-4-14(15)16/h2-7,9,11-12H,10H2,1H3,(H,19,20). The summed E-state index contributed by atoms with van der Waals surface area (Å²) in [6, 6.07) is 10.2. The molecule has 0 radical (unpaired) electrons. The fourth-order valence-corrected chi connectivity index (χ4v) is 2.38. The zero-order chi connectivity index (χ0) is 14.7. The highest BCUT2D eigenvalue weighted by atomic mass is 15.1. The number of rotatable bonds is 4. The number of aromatic nitrogens is 3. The number of nitriles is 1. The second kappa shape index (κ2) is 5.63. The molecule has 0 aliphatic heterocycles. The van der Waals surface area contributed by atoms with E-state index in [1.807, 2.05) is 35.0 Å². The predicted octanol–water partition coefficient (Wildman–Crippen LogP) is 2.80. The molecule has 0 aliphatic carbocycles. The molecule has 2 aromatic heterocycles. The third-order valence-corrected chi connectivity index (χ3v) is 3.33. The quantitative estimate of drug-likeness (QED) is 0.796. The molecule has 0 fully saturated rings. The number of benzene rings is 1. The van der Waals surface area contributed by atoms with E-state index in [1.165, 1.54) is 0 Å². The van der Waals surface area contributed by atoms with Crippen molar-refractivity contribution in [3.05, 3.63) is 54.7 Å². The Kier molecular flexibility index (Phi) is 3.52. The SMILES string of the molecule is CC(Cn1ccnc1)Nc1c(C#N)cnc2ccccc12. The Labute approximate surface area is 122 Å². The van der Waals surface area contributed by atoms with E-state index in [-0.39, 0.29) is 6.04 Å². The highest BCUT2D eigenvalue weighted by Gasteiger charge is 2.11. The number of hydrogen-bond acceptors (Lipinski definition) is 4. The summed E-state index contributed by atoms with van der Waals surface area (Å²) in [5.41, 5.74) is 2.29. The fourth-order valence-electron chi connectivity index (χ4n) is 2.38. The molecule has 5 nitrogen and oxygen atoms in total. The summed E-state index contributed by atoms with van der Waals surface area (Å²) >= 11 is 0. The Balaban J connectivity index is 1.93. The summed E-state index contributed by atoms with van der Waals surface area (Å²) in [4.78, 5) is 8.36. The Morgan fingerprint density at radius 3 is 3.00 bits per heavy atom. The van der Waals surface area contributed by atoms with Gasteiger partial charge in [0.25, 0.3) is 0 Å². The van der Waals surface area contributed by atoms with E-state index >= 15 is 0 Å². The van der Waals surface area contributed by atoms with Gasteiger partial charge in [0.15, 0.2) is 0 Å². The molecule has 21 heavy (non-hydrogen) atoms. The average Bonchev–Trinajstić information content (AvgIpc) is 3.00. The number of pyridine rings is 1. The van der Waals surface area contributed by atoms with Gasteiger partial charge in [-0.2, -0.15) is 5.26 Å². The molecular formula is C16H15N5. The maximum Gasteiger partial charge on any atom is 0.103 e. The van der Waals surface area contributed by atoms with Crippen molar-refractivity contribution in [2.45, 2.75) is 19.5 Å². The van der Waals surface area contributed by atoms with Crippen LogP contribution in [0.4, 0.5) is 5.69 Å². The van der Waals surface area contributed by atoms with Crippen LogP contribution in [-0.2, 0) is 6.54 Å². The molecule has 0 saturated carbocycles. The topological polar surface area (TPSA) is 66.5 Å². The molecule has 0 amide bonds. The molecule has 1 N–H and O–H groups in total. The van der Waals surface area contributed by atoms with Gasteiger partial charge in [0.05, 0.1) is 23.1 Å². The van der Waals surface area contributed by atoms with Crippen LogP contribution in [0, 0.1) is 11.3 Å². The second-order valence-electron chi connectivity index (χ2n) is 4.98. The molecule has 0 saturated heterocycles. The smallest absolute Gasteiger partial charge is 0.103 e. The largest absolute Gasteiger partial charge is 0.379 e. The summed E-state index contributed by atoms with van der Waals surface area (Å²) in [5.74, 6) is 0. The van der Waals surface area contributed by atoms with Crippen molar-refractivity contribution >= 4 is 16.6 Å². The molecule has 1 unspecified atom stereocenters. The van der Waals surface area contributed by atoms with Crippen molar-refractivity contribution in [2.75, 3.05) is 5.32 Å². The lowest BCUT2D eigenvalue weighted by molar-refractivity contribution is 0.619. The Hall–Kier alpha value is -2.87. The predicted molar refractivity (Wildman–Crippen MR) is 81.8 cm³/mol. The van der Waals surface area contributed by atoms with Gasteiger partial charge in [-0.1, -0.05) is 18.2 Å². The minimum atomic E-state index is 0.164. The first-order chi connectivity index (χ1) is 10.3. The number of nitrogens with one attached hydrogen (secondary N) is 1. The molecule has 5 heteroatoms. The molecule has 3 rings (SSSR count). The summed E-state index contributed by atoms with van der Waals surface area (Å²) < 4.78 is 2.01. The van der Waals surface area contributed by atoms with Crippen molar-refractivity contribution in [3.8, 4) is 6.07 Å². The van der Waals surface area contributed by atoms with Crippen molar-refractivity contribution in [1.29, 1.82) is 5.26 Å². The number of imidazole rings is 1. The molecule has 104 valence electrons. The van der Waals surface area contributed by atoms with Gasteiger partial charge in [-0.15, -0.1) is 0 Å². The number of para-hydroxylation sites is 1. The first-order valence-corrected chi connectivity index (χ1v) is 6.78. The Bertz CT molecular complexity index is 786. The van der Waals surface area contributed by atoms with Gasteiger partial charge in [0, 0.05) is 36.6 Å². The normalized spacial score (nSPS) is 12.0. The third kappa shape index (κ3) is 2.70. The molecular weight excluding hydrogens is 262 g/mol. The zero-order valence-electron chi connectivity index (χ0n) is 11.7. The van der Waals surface area contributed by atoms with Gasteiger partial charge in [-0.05, 0) is 13.0 Å². The minimum absolute atomic E-state index is 0.164. The van der Waals surface area contributed by atoms with Crippen molar-refractivity contribution < 1.29 is 0 Å². The lowest BCUT2D eigenvalue weighted by Gasteiger charge is -2.18. The monoisotopic (exact) mass is 277 g/mol. The van der Waals surface area contributed by atoms with E-state index in [2.05, 4.69) is 28.3 Å². The summed E-state index contributed by atoms with van der Waals surface area (Å²) in [6.07, 6.45) is 7.09. The second-order valence-corrected chi connectivity index (χ2v) is 4.98. The van der Waals surface area contributed by atoms with Crippen molar-refractivity contribution in [3.63, 3.8) is 0 Å². The third-order valence-electron chi connectivity index (χ3n) is 3.33. The van der Waals surface area contributed by atoms with E-state index < -0.39 is 0 Å². The number of fused-ring (bicyclic) bond motifs is 1. The van der Waals surface area contributed by atoms with Crippen LogP contribution in [0.15, 0.2) is 49.2 Å². The lowest BCUT2D eigenvalue weighted by Crippen LogP contribution is -2.22. The van der Waals surface area contributed by atoms with Crippen LogP contribution in [0.1, 0.15) is 12.5 Å². The number of nitrogens with zero attached hydrogens (tertiary/aromatic N) is 4. The molecule has 1 atom stereocenters. The maximum absolute atomic E-state index is 9.30. The van der Waals surface area contributed by atoms with Crippen LogP contribution < -0.4 is 5.32 Å². The van der Waals surface area contributed by atoms with Crippen molar-refractivity contribution in [1.82, 2.24) is 14.5 Å². The van der Waals surface area contributed by atoms with Gasteiger partial charge in [0.2, 0.25) is 0 Å². The number of anilines is 1. The highest BCUT2D eigenvalue weighted by molar-refractivity contribution is 5.93. The Morgan fingerprint density at radius 1 is 1.38 bits per heavy atom. The summed E-state index contributed by atoms with van der Waals surface area (Å²) in [7, 11) is 0. The summed E-state index contributed by atoms with van der Waals surface area (Å²) in [5, 5.41) is 13.7. The molecule has 0 spiro atoms. The fraction of sp³-hybridized carbons (Fsp3) is 0.188. The van der Waals surface area contributed by atoms with Gasteiger partial charge in [0.1, 0.15) is 6.07 Å². The van der Waals surface area contributed by atoms with Crippen LogP contribution in [0.3, 0.4) is 0 Å². The van der Waals surface area contributed by atoms with E-state index in [1.54, 1.807) is 18.7 Å². The van der Waals surface area contributed by atoms with Crippen LogP contribution in [0.5, 0.6) is 0 Å². The Morgan fingerprint density at radius 2 is 2.24 bits per heavy atom. The average molecular weight is 277 g/mol. The van der Waals surface area contributed by atoms with E-state index in [4.69, 9.17) is 0 Å². The van der Waals surface area contributed by atoms with Gasteiger partial charge in [-0.3, -0.25) is 4.98 Å². The molecule has 1 aromatic carbocycles. The molecule has 0 bridgehead atoms. The van der Waals surface area contributed by atoms with Crippen molar-refractivity contribution in [2.24, 2.45) is 0 Å². The van der Waals surface area contributed by atoms with E-state index in [9.17, 15) is 5.26 Å². The van der Waals surface area contributed by atoms with Crippen LogP contribution in [-0.4, -0.2) is 20.6 Å². The molecule has 3 aromatic rings. The van der Waals surface area contributed by atoms with E-state index in [0.717, 1.165) is 23.1 Å². The molecule has 0 aliphatic rings. The van der Waals surface area contributed by atoms with Crippen LogP contribution >= 0.6 is 0 Å². The minimum Gasteiger partial charge on any atom is -0.379 e. The first-order valence-electron chi connectivity index (χ1n) is 6.78. The summed E-state index contributed by atoms with van der Waals surface area (Å²) in [6.45, 7) is 2.86. The maximum atomic E-state index is 9.30.